The minimum atomic E-state index is -4.28. The summed E-state index contributed by atoms with van der Waals surface area (Å²) in [7, 11) is -1.35. The van der Waals surface area contributed by atoms with E-state index in [-0.39, 0.29) is 40.6 Å². The van der Waals surface area contributed by atoms with Crippen molar-refractivity contribution in [1.29, 1.82) is 0 Å². The van der Waals surface area contributed by atoms with Crippen LogP contribution in [0.2, 0.25) is 10.0 Å². The van der Waals surface area contributed by atoms with Crippen molar-refractivity contribution in [2.45, 2.75) is 54.9 Å². The Morgan fingerprint density at radius 2 is 1.55 bits per heavy atom. The molecule has 0 spiro atoms. The number of ether oxygens (including phenoxy) is 4. The number of aliphatic carboxylic acids is 1. The first kappa shape index (κ1) is 45.0. The molecule has 17 heteroatoms. The van der Waals surface area contributed by atoms with Gasteiger partial charge in [-0.2, -0.15) is 4.31 Å². The van der Waals surface area contributed by atoms with E-state index in [2.05, 4.69) is 10.2 Å². The van der Waals surface area contributed by atoms with Gasteiger partial charge < -0.3 is 34.2 Å². The van der Waals surface area contributed by atoms with Gasteiger partial charge in [-0.15, -0.1) is 0 Å². The van der Waals surface area contributed by atoms with Gasteiger partial charge in [0.2, 0.25) is 22.4 Å². The first-order valence-electron chi connectivity index (χ1n) is 20.9. The molecule has 4 saturated heterocycles. The summed E-state index contributed by atoms with van der Waals surface area (Å²) in [6, 6.07) is 26.6. The second-order valence-corrected chi connectivity index (χ2v) is 19.0. The number of carboxylic acid groups (broad SMARTS) is 1. The molecule has 4 fully saturated rings. The van der Waals surface area contributed by atoms with Crippen molar-refractivity contribution in [3.8, 4) is 17.2 Å². The number of methoxy groups -OCH3 is 2. The molecule has 4 aliphatic heterocycles. The highest BCUT2D eigenvalue weighted by Crippen LogP contribution is 2.45. The van der Waals surface area contributed by atoms with Crippen LogP contribution < -0.4 is 29.4 Å². The van der Waals surface area contributed by atoms with Crippen LogP contribution >= 0.6 is 23.2 Å². The maximum absolute atomic E-state index is 14.4. The number of piperidine rings is 3. The van der Waals surface area contributed by atoms with E-state index in [1.807, 2.05) is 48.5 Å². The Labute approximate surface area is 381 Å². The number of carbonyl (C=O) groups is 2. The third-order valence-corrected chi connectivity index (χ3v) is 15.1. The molecule has 0 saturated carbocycles. The van der Waals surface area contributed by atoms with Crippen molar-refractivity contribution >= 4 is 45.3 Å². The van der Waals surface area contributed by atoms with E-state index in [4.69, 9.17) is 42.1 Å². The molecule has 4 aliphatic rings. The summed E-state index contributed by atoms with van der Waals surface area (Å²) >= 11 is 13.1. The van der Waals surface area contributed by atoms with Gasteiger partial charge in [0.25, 0.3) is 0 Å². The van der Waals surface area contributed by atoms with Crippen LogP contribution in [0.1, 0.15) is 52.6 Å². The number of benzene rings is 4. The average Bonchev–Trinajstić information content (AvgIpc) is 3.28. The largest absolute Gasteiger partial charge is 0.550 e. The van der Waals surface area contributed by atoms with Gasteiger partial charge in [-0.25, -0.2) is 13.2 Å². The maximum Gasteiger partial charge on any atom is 0.408 e. The molecule has 5 heterocycles. The number of amides is 1. The van der Waals surface area contributed by atoms with Crippen molar-refractivity contribution in [3.05, 3.63) is 147 Å². The van der Waals surface area contributed by atoms with Gasteiger partial charge >= 0.3 is 6.09 Å². The second kappa shape index (κ2) is 19.3. The summed E-state index contributed by atoms with van der Waals surface area (Å²) < 4.78 is 53.8. The number of hydrogen-bond donors (Lipinski definition) is 2. The maximum atomic E-state index is 14.4. The van der Waals surface area contributed by atoms with Crippen LogP contribution in [-0.2, 0) is 32.6 Å². The van der Waals surface area contributed by atoms with E-state index in [1.165, 1.54) is 38.7 Å². The Bertz CT molecular complexity index is 2570. The van der Waals surface area contributed by atoms with E-state index in [0.29, 0.717) is 44.6 Å². The predicted molar refractivity (Wildman–Crippen MR) is 234 cm³/mol. The molecule has 1 amide bonds. The summed E-state index contributed by atoms with van der Waals surface area (Å²) in [5.41, 5.74) is 3.25. The molecule has 0 aliphatic carbocycles. The first-order valence-corrected chi connectivity index (χ1v) is 23.1. The highest BCUT2D eigenvalue weighted by atomic mass is 35.5. The fraction of sp³-hybridized carbons (Fsp3) is 0.340. The number of fused-ring (bicyclic) bond motifs is 3. The number of alkyl carbamates (subject to hydrolysis) is 1. The first-order chi connectivity index (χ1) is 30.8. The van der Waals surface area contributed by atoms with Crippen LogP contribution in [0.3, 0.4) is 0 Å². The number of pyridine rings is 1. The monoisotopic (exact) mass is 930 g/mol. The zero-order chi connectivity index (χ0) is 45.1. The van der Waals surface area contributed by atoms with Gasteiger partial charge in [-0.3, -0.25) is 10.1 Å². The average molecular weight is 932 g/mol. The van der Waals surface area contributed by atoms with Gasteiger partial charge in [-0.05, 0) is 96.9 Å². The fourth-order valence-electron chi connectivity index (χ4n) is 9.10. The second-order valence-electron chi connectivity index (χ2n) is 16.3. The van der Waals surface area contributed by atoms with E-state index in [0.717, 1.165) is 47.9 Å². The highest BCUT2D eigenvalue weighted by molar-refractivity contribution is 7.89. The molecular weight excluding hydrogens is 884 g/mol. The lowest BCUT2D eigenvalue weighted by Crippen LogP contribution is -2.65. The van der Waals surface area contributed by atoms with Crippen molar-refractivity contribution in [1.82, 2.24) is 14.5 Å². The minimum absolute atomic E-state index is 0.00206. The van der Waals surface area contributed by atoms with Crippen molar-refractivity contribution in [2.24, 2.45) is 11.8 Å². The zero-order valence-electron chi connectivity index (χ0n) is 35.1. The normalized spacial score (nSPS) is 21.5. The number of rotatable bonds is 16. The lowest BCUT2D eigenvalue weighted by molar-refractivity contribution is -0.904. The Balaban J connectivity index is 0.998. The fourth-order valence-corrected chi connectivity index (χ4v) is 11.4. The SMILES string of the molecule is COc1ccc([C@H](Cc2c(Cl)c[n+](O)cc2Cl)C2C(C(=O)[O-])CN2S(=O)(=O)c2ccc(COc3cccc([C@@H](NC(=O)O[C@H]4CN5CCC4CC5)c4ccccc4)c3)cc2)cc1OC. The van der Waals surface area contributed by atoms with Crippen LogP contribution in [0.25, 0.3) is 0 Å². The number of aromatic nitrogens is 1. The number of nitrogens with one attached hydrogen (secondary N) is 1. The van der Waals surface area contributed by atoms with Gasteiger partial charge in [0.05, 0.1) is 25.2 Å². The lowest BCUT2D eigenvalue weighted by atomic mass is 9.75. The third kappa shape index (κ3) is 9.59. The molecule has 5 aromatic rings. The quantitative estimate of drug-likeness (QED) is 0.0908. The molecular formula is C47H48Cl2N4O10S. The Kier molecular flexibility index (Phi) is 13.5. The summed E-state index contributed by atoms with van der Waals surface area (Å²) in [6.45, 7) is 2.60. The van der Waals surface area contributed by atoms with Gasteiger partial charge in [0, 0.05) is 47.2 Å². The van der Waals surface area contributed by atoms with E-state index >= 15 is 0 Å². The van der Waals surface area contributed by atoms with Crippen LogP contribution in [-0.4, -0.2) is 87.4 Å². The topological polar surface area (TPSA) is 171 Å². The van der Waals surface area contributed by atoms with Crippen LogP contribution in [0.5, 0.6) is 17.2 Å². The van der Waals surface area contributed by atoms with Gasteiger partial charge in [0.1, 0.15) is 28.5 Å². The molecule has 4 aromatic carbocycles. The van der Waals surface area contributed by atoms with E-state index in [9.17, 15) is 28.3 Å². The van der Waals surface area contributed by atoms with Crippen LogP contribution in [0.4, 0.5) is 4.79 Å². The number of carboxylic acids is 1. The summed E-state index contributed by atoms with van der Waals surface area (Å²) in [4.78, 5) is 28.2. The number of sulfonamides is 1. The third-order valence-electron chi connectivity index (χ3n) is 12.5. The minimum Gasteiger partial charge on any atom is -0.550 e. The highest BCUT2D eigenvalue weighted by Gasteiger charge is 2.51. The van der Waals surface area contributed by atoms with E-state index < -0.39 is 46.0 Å². The molecule has 2 bridgehead atoms. The van der Waals surface area contributed by atoms with Crippen molar-refractivity contribution < 1.29 is 52.0 Å². The summed E-state index contributed by atoms with van der Waals surface area (Å²) in [5, 5.41) is 25.9. The van der Waals surface area contributed by atoms with E-state index in [1.54, 1.807) is 36.4 Å². The number of halogens is 2. The number of nitrogens with zero attached hydrogens (tertiary/aromatic N) is 3. The smallest absolute Gasteiger partial charge is 0.408 e. The Morgan fingerprint density at radius 1 is 0.859 bits per heavy atom. The molecule has 14 nitrogen and oxygen atoms in total. The lowest BCUT2D eigenvalue weighted by Gasteiger charge is -2.51. The molecule has 0 radical (unpaired) electrons. The zero-order valence-corrected chi connectivity index (χ0v) is 37.5. The van der Waals surface area contributed by atoms with Crippen LogP contribution in [0.15, 0.2) is 114 Å². The molecule has 9 rings (SSSR count). The van der Waals surface area contributed by atoms with Crippen molar-refractivity contribution in [2.75, 3.05) is 40.4 Å². The van der Waals surface area contributed by atoms with Crippen molar-refractivity contribution in [3.63, 3.8) is 0 Å². The summed E-state index contributed by atoms with van der Waals surface area (Å²) in [5.74, 6) is -1.76. The predicted octanol–water partition coefficient (Wildman–Crippen LogP) is 5.79. The number of hydrogen-bond acceptors (Lipinski definition) is 11. The molecule has 1 aromatic heterocycles. The molecule has 2 N–H and O–H groups in total. The molecule has 2 unspecified atom stereocenters. The van der Waals surface area contributed by atoms with Gasteiger partial charge in [-0.1, -0.05) is 83.9 Å². The summed E-state index contributed by atoms with van der Waals surface area (Å²) in [6.07, 6.45) is 3.90. The Morgan fingerprint density at radius 3 is 2.19 bits per heavy atom. The van der Waals surface area contributed by atoms with Gasteiger partial charge in [0.15, 0.2) is 11.5 Å². The number of carbonyl (C=O) groups excluding carboxylic acids is 2. The standard InChI is InChI=1S/C47H48Cl2N4O10S/c1-60-41-16-13-32(22-42(41)61-2)36(23-37-39(48)25-52(57)26-40(37)49)45-38(46(54)55)24-53(45)64(58,59)35-14-11-29(12-15-35)28-62-34-10-6-9-33(21-34)44(31-7-4-3-5-8-31)50-47(56)63-43-27-51-19-17-30(43)18-20-51/h3-16,21-22,25-26,30,36,38,43-45H,17-20,23-24,27-28H2,1-2H3,(H2-,50,54,55,56,57)/t36-,38?,43-,44-,45?/m0/s1. The molecule has 64 heavy (non-hydrogen) atoms. The molecule has 336 valence electrons. The molecule has 5 atom stereocenters. The Hall–Kier alpha value is -5.58. The van der Waals surface area contributed by atoms with Crippen LogP contribution in [0, 0.1) is 11.8 Å².